The molecule has 0 radical (unpaired) electrons. The summed E-state index contributed by atoms with van der Waals surface area (Å²) < 4.78 is 5.16. The first kappa shape index (κ1) is 18.7. The monoisotopic (exact) mass is 378 g/mol. The van der Waals surface area contributed by atoms with E-state index >= 15 is 0 Å². The first-order valence-corrected chi connectivity index (χ1v) is 9.92. The topological polar surface area (TPSA) is 49.9 Å². The number of carbonyl (C=O) groups excluding carboxylic acids is 2. The zero-order valence-electron chi connectivity index (χ0n) is 16.2. The van der Waals surface area contributed by atoms with Crippen LogP contribution < -0.4 is 4.74 Å². The number of likely N-dealkylation sites (tertiary alicyclic amines) is 2. The van der Waals surface area contributed by atoms with Crippen molar-refractivity contribution in [3.63, 3.8) is 0 Å². The highest BCUT2D eigenvalue weighted by molar-refractivity contribution is 6.05. The van der Waals surface area contributed by atoms with E-state index in [0.717, 1.165) is 37.2 Å². The fourth-order valence-electron chi connectivity index (χ4n) is 4.30. The minimum atomic E-state index is -0.303. The Labute approximate surface area is 165 Å². The number of imide groups is 1. The van der Waals surface area contributed by atoms with Crippen molar-refractivity contribution in [2.24, 2.45) is 0 Å². The number of ether oxygens (including phenoxy) is 1. The summed E-state index contributed by atoms with van der Waals surface area (Å²) in [5, 5.41) is 0. The number of amides is 2. The van der Waals surface area contributed by atoms with Crippen LogP contribution in [0.3, 0.4) is 0 Å². The zero-order valence-corrected chi connectivity index (χ0v) is 16.2. The van der Waals surface area contributed by atoms with Gasteiger partial charge in [0.2, 0.25) is 11.8 Å². The normalized spacial score (nSPS) is 21.3. The molecule has 2 amide bonds. The molecule has 2 aromatic rings. The fraction of sp³-hybridized carbons (Fsp3) is 0.391. The summed E-state index contributed by atoms with van der Waals surface area (Å²) in [4.78, 5) is 29.1. The second-order valence-corrected chi connectivity index (χ2v) is 7.61. The van der Waals surface area contributed by atoms with Crippen molar-refractivity contribution in [2.45, 2.75) is 37.8 Å². The molecule has 0 aromatic heterocycles. The lowest BCUT2D eigenvalue weighted by Gasteiger charge is -2.35. The Hall–Kier alpha value is -2.66. The van der Waals surface area contributed by atoms with Crippen LogP contribution >= 0.6 is 0 Å². The summed E-state index contributed by atoms with van der Waals surface area (Å²) in [5.74, 6) is 1.18. The molecule has 5 nitrogen and oxygen atoms in total. The Bertz CT molecular complexity index is 827. The van der Waals surface area contributed by atoms with Crippen molar-refractivity contribution in [3.05, 3.63) is 65.7 Å². The Morgan fingerprint density at radius 1 is 0.964 bits per heavy atom. The first-order valence-electron chi connectivity index (χ1n) is 9.92. The van der Waals surface area contributed by atoms with Crippen LogP contribution in [0.25, 0.3) is 0 Å². The van der Waals surface area contributed by atoms with Gasteiger partial charge in [-0.2, -0.15) is 0 Å². The van der Waals surface area contributed by atoms with E-state index in [0.29, 0.717) is 18.9 Å². The van der Waals surface area contributed by atoms with Crippen molar-refractivity contribution >= 4 is 11.8 Å². The van der Waals surface area contributed by atoms with Crippen LogP contribution in [0.15, 0.2) is 54.6 Å². The van der Waals surface area contributed by atoms with Crippen molar-refractivity contribution in [1.29, 1.82) is 0 Å². The fourth-order valence-corrected chi connectivity index (χ4v) is 4.30. The molecule has 4 rings (SSSR count). The molecule has 2 aromatic carbocycles. The van der Waals surface area contributed by atoms with Crippen LogP contribution in [-0.4, -0.2) is 47.9 Å². The second kappa shape index (κ2) is 8.15. The summed E-state index contributed by atoms with van der Waals surface area (Å²) in [5.41, 5.74) is 2.31. The van der Waals surface area contributed by atoms with Gasteiger partial charge >= 0.3 is 0 Å². The molecule has 0 aliphatic carbocycles. The SMILES string of the molecule is COc1ccc(CN2C(=O)CC(N3CCC(c4ccccc4)CC3)C2=O)cc1. The van der Waals surface area contributed by atoms with Crippen LogP contribution in [0.4, 0.5) is 0 Å². The van der Waals surface area contributed by atoms with Crippen LogP contribution in [0, 0.1) is 0 Å². The summed E-state index contributed by atoms with van der Waals surface area (Å²) in [6.45, 7) is 2.05. The molecule has 2 aliphatic heterocycles. The van der Waals surface area contributed by atoms with Crippen LogP contribution in [0.5, 0.6) is 5.75 Å². The van der Waals surface area contributed by atoms with Gasteiger partial charge in [-0.15, -0.1) is 0 Å². The summed E-state index contributed by atoms with van der Waals surface area (Å²) in [6, 6.07) is 17.8. The van der Waals surface area contributed by atoms with Crippen molar-refractivity contribution in [2.75, 3.05) is 20.2 Å². The third-order valence-electron chi connectivity index (χ3n) is 5.96. The molecule has 0 bridgehead atoms. The maximum atomic E-state index is 12.9. The molecule has 0 spiro atoms. The third kappa shape index (κ3) is 3.80. The third-order valence-corrected chi connectivity index (χ3v) is 5.96. The number of piperidine rings is 1. The van der Waals surface area contributed by atoms with E-state index in [1.165, 1.54) is 10.5 Å². The molecule has 2 aliphatic rings. The maximum absolute atomic E-state index is 12.9. The Morgan fingerprint density at radius 2 is 1.64 bits per heavy atom. The Kier molecular flexibility index (Phi) is 5.44. The number of hydrogen-bond acceptors (Lipinski definition) is 4. The van der Waals surface area contributed by atoms with E-state index in [4.69, 9.17) is 4.74 Å². The average Bonchev–Trinajstić information content (AvgIpc) is 3.03. The predicted octanol–water partition coefficient (Wildman–Crippen LogP) is 3.20. The van der Waals surface area contributed by atoms with Gasteiger partial charge in [-0.1, -0.05) is 42.5 Å². The molecule has 28 heavy (non-hydrogen) atoms. The molecule has 0 saturated carbocycles. The number of carbonyl (C=O) groups is 2. The molecule has 1 atom stereocenters. The van der Waals surface area contributed by atoms with Gasteiger partial charge in [0.05, 0.1) is 26.1 Å². The molecule has 1 unspecified atom stereocenters. The predicted molar refractivity (Wildman–Crippen MR) is 107 cm³/mol. The van der Waals surface area contributed by atoms with Crippen LogP contribution in [0.1, 0.15) is 36.3 Å². The lowest BCUT2D eigenvalue weighted by Crippen LogP contribution is -2.45. The van der Waals surface area contributed by atoms with E-state index in [2.05, 4.69) is 29.2 Å². The largest absolute Gasteiger partial charge is 0.497 e. The van der Waals surface area contributed by atoms with Gasteiger partial charge in [0, 0.05) is 0 Å². The van der Waals surface area contributed by atoms with Crippen molar-refractivity contribution < 1.29 is 14.3 Å². The zero-order chi connectivity index (χ0) is 19.5. The highest BCUT2D eigenvalue weighted by atomic mass is 16.5. The van der Waals surface area contributed by atoms with E-state index in [9.17, 15) is 9.59 Å². The highest BCUT2D eigenvalue weighted by Crippen LogP contribution is 2.31. The van der Waals surface area contributed by atoms with Gasteiger partial charge in [-0.05, 0) is 55.1 Å². The van der Waals surface area contributed by atoms with Crippen LogP contribution in [-0.2, 0) is 16.1 Å². The molecule has 2 saturated heterocycles. The van der Waals surface area contributed by atoms with Gasteiger partial charge < -0.3 is 4.74 Å². The number of hydrogen-bond donors (Lipinski definition) is 0. The smallest absolute Gasteiger partial charge is 0.247 e. The molecule has 2 heterocycles. The molecule has 0 N–H and O–H groups in total. The summed E-state index contributed by atoms with van der Waals surface area (Å²) >= 11 is 0. The lowest BCUT2D eigenvalue weighted by atomic mass is 9.89. The standard InChI is InChI=1S/C23H26N2O3/c1-28-20-9-7-17(8-10-20)16-25-22(26)15-21(23(25)27)24-13-11-19(12-14-24)18-5-3-2-4-6-18/h2-10,19,21H,11-16H2,1H3. The molecule has 2 fully saturated rings. The van der Waals surface area contributed by atoms with Gasteiger partial charge in [-0.25, -0.2) is 0 Å². The van der Waals surface area contributed by atoms with Gasteiger partial charge in [0.15, 0.2) is 0 Å². The Balaban J connectivity index is 1.37. The molecule has 5 heteroatoms. The minimum absolute atomic E-state index is 0.0565. The van der Waals surface area contributed by atoms with E-state index in [1.54, 1.807) is 7.11 Å². The van der Waals surface area contributed by atoms with Crippen molar-refractivity contribution in [3.8, 4) is 5.75 Å². The van der Waals surface area contributed by atoms with Crippen LogP contribution in [0.2, 0.25) is 0 Å². The van der Waals surface area contributed by atoms with Gasteiger partial charge in [0.1, 0.15) is 5.75 Å². The molecular formula is C23H26N2O3. The van der Waals surface area contributed by atoms with E-state index in [1.807, 2.05) is 30.3 Å². The number of benzene rings is 2. The number of nitrogens with zero attached hydrogens (tertiary/aromatic N) is 2. The first-order chi connectivity index (χ1) is 13.7. The molecular weight excluding hydrogens is 352 g/mol. The van der Waals surface area contributed by atoms with E-state index < -0.39 is 0 Å². The molecule has 146 valence electrons. The average molecular weight is 378 g/mol. The second-order valence-electron chi connectivity index (χ2n) is 7.61. The quantitative estimate of drug-likeness (QED) is 0.750. The number of methoxy groups -OCH3 is 1. The maximum Gasteiger partial charge on any atom is 0.247 e. The van der Waals surface area contributed by atoms with E-state index in [-0.39, 0.29) is 17.9 Å². The van der Waals surface area contributed by atoms with Crippen molar-refractivity contribution in [1.82, 2.24) is 9.80 Å². The van der Waals surface area contributed by atoms with Gasteiger partial charge in [-0.3, -0.25) is 19.4 Å². The highest BCUT2D eigenvalue weighted by Gasteiger charge is 2.42. The Morgan fingerprint density at radius 3 is 2.29 bits per heavy atom. The summed E-state index contributed by atoms with van der Waals surface area (Å²) in [7, 11) is 1.62. The van der Waals surface area contributed by atoms with Gasteiger partial charge in [0.25, 0.3) is 0 Å². The minimum Gasteiger partial charge on any atom is -0.497 e. The summed E-state index contributed by atoms with van der Waals surface area (Å²) in [6.07, 6.45) is 2.35. The number of rotatable bonds is 5. The lowest BCUT2D eigenvalue weighted by molar-refractivity contribution is -0.140.